The molecular formula is C24H17F2NO3. The van der Waals surface area contributed by atoms with Crippen LogP contribution in [0.3, 0.4) is 0 Å². The Hall–Kier alpha value is -3.80. The average molecular weight is 405 g/mol. The van der Waals surface area contributed by atoms with E-state index >= 15 is 0 Å². The highest BCUT2D eigenvalue weighted by Crippen LogP contribution is 2.43. The minimum Gasteiger partial charge on any atom is -0.507 e. The molecule has 0 aliphatic carbocycles. The molecule has 1 aliphatic heterocycles. The second-order valence-electron chi connectivity index (χ2n) is 7.01. The third kappa shape index (κ3) is 3.26. The van der Waals surface area contributed by atoms with Gasteiger partial charge < -0.3 is 5.11 Å². The maximum absolute atomic E-state index is 13.4. The van der Waals surface area contributed by atoms with Gasteiger partial charge in [-0.15, -0.1) is 0 Å². The van der Waals surface area contributed by atoms with Gasteiger partial charge in [-0.1, -0.05) is 24.3 Å². The number of carbonyl (C=O) groups is 2. The van der Waals surface area contributed by atoms with E-state index in [0.29, 0.717) is 11.3 Å². The normalized spacial score (nSPS) is 18.1. The second kappa shape index (κ2) is 7.55. The van der Waals surface area contributed by atoms with Crippen LogP contribution < -0.4 is 4.90 Å². The number of aryl methyl sites for hydroxylation is 1. The largest absolute Gasteiger partial charge is 0.507 e. The van der Waals surface area contributed by atoms with Crippen LogP contribution in [0.15, 0.2) is 78.4 Å². The van der Waals surface area contributed by atoms with Crippen molar-refractivity contribution < 1.29 is 23.5 Å². The van der Waals surface area contributed by atoms with E-state index in [1.165, 1.54) is 41.3 Å². The van der Waals surface area contributed by atoms with Gasteiger partial charge in [-0.25, -0.2) is 8.78 Å². The van der Waals surface area contributed by atoms with Gasteiger partial charge >= 0.3 is 0 Å². The lowest BCUT2D eigenvalue weighted by Crippen LogP contribution is -2.29. The Labute approximate surface area is 171 Å². The molecule has 0 aromatic heterocycles. The third-order valence-electron chi connectivity index (χ3n) is 5.15. The zero-order chi connectivity index (χ0) is 21.4. The van der Waals surface area contributed by atoms with Crippen molar-refractivity contribution in [1.82, 2.24) is 0 Å². The number of rotatable bonds is 3. The number of nitrogens with zero attached hydrogens (tertiary/aromatic N) is 1. The second-order valence-corrected chi connectivity index (χ2v) is 7.01. The van der Waals surface area contributed by atoms with Crippen LogP contribution in [0, 0.1) is 18.6 Å². The number of hydrogen-bond donors (Lipinski definition) is 1. The number of aliphatic hydroxyl groups excluding tert-OH is 1. The van der Waals surface area contributed by atoms with Crippen molar-refractivity contribution in [3.63, 3.8) is 0 Å². The van der Waals surface area contributed by atoms with Crippen LogP contribution in [0.2, 0.25) is 0 Å². The molecule has 1 fully saturated rings. The van der Waals surface area contributed by atoms with Crippen LogP contribution in [0.1, 0.15) is 22.7 Å². The van der Waals surface area contributed by atoms with Crippen molar-refractivity contribution in [2.24, 2.45) is 0 Å². The fraction of sp³-hybridized carbons (Fsp3) is 0.0833. The van der Waals surface area contributed by atoms with Crippen LogP contribution in [0.4, 0.5) is 14.5 Å². The number of halogens is 2. The molecule has 1 amide bonds. The molecule has 0 bridgehead atoms. The molecule has 0 radical (unpaired) electrons. The molecule has 1 atom stereocenters. The first kappa shape index (κ1) is 19.5. The average Bonchev–Trinajstić information content (AvgIpc) is 3.00. The van der Waals surface area contributed by atoms with Gasteiger partial charge in [-0.3, -0.25) is 14.5 Å². The standard InChI is InChI=1S/C24H17F2NO3/c1-14-4-2-3-5-19(14)21-20(22(28)15-6-8-16(25)9-7-15)23(29)24(30)27(21)18-12-10-17(26)11-13-18/h2-13,21,28H,1H3/b22-20-. The monoisotopic (exact) mass is 405 g/mol. The minimum atomic E-state index is -0.915. The molecule has 1 N–H and O–H groups in total. The maximum Gasteiger partial charge on any atom is 0.300 e. The maximum atomic E-state index is 13.4. The first-order valence-corrected chi connectivity index (χ1v) is 9.26. The highest BCUT2D eigenvalue weighted by Gasteiger charge is 2.47. The van der Waals surface area contributed by atoms with Crippen molar-refractivity contribution in [2.45, 2.75) is 13.0 Å². The van der Waals surface area contributed by atoms with Crippen LogP contribution in [-0.4, -0.2) is 16.8 Å². The van der Waals surface area contributed by atoms with Crippen LogP contribution in [-0.2, 0) is 9.59 Å². The Bertz CT molecular complexity index is 1170. The SMILES string of the molecule is Cc1ccccc1C1/C(=C(/O)c2ccc(F)cc2)C(=O)C(=O)N1c1ccc(F)cc1. The molecule has 150 valence electrons. The highest BCUT2D eigenvalue weighted by molar-refractivity contribution is 6.51. The number of hydrogen-bond acceptors (Lipinski definition) is 3. The van der Waals surface area contributed by atoms with Gasteiger partial charge in [0.05, 0.1) is 11.6 Å². The summed E-state index contributed by atoms with van der Waals surface area (Å²) < 4.78 is 26.8. The third-order valence-corrected chi connectivity index (χ3v) is 5.15. The molecule has 4 nitrogen and oxygen atoms in total. The van der Waals surface area contributed by atoms with Gasteiger partial charge in [-0.05, 0) is 66.6 Å². The van der Waals surface area contributed by atoms with Gasteiger partial charge in [0.25, 0.3) is 11.7 Å². The van der Waals surface area contributed by atoms with E-state index in [9.17, 15) is 23.5 Å². The number of anilines is 1. The van der Waals surface area contributed by atoms with Crippen LogP contribution in [0.25, 0.3) is 5.76 Å². The molecule has 1 heterocycles. The van der Waals surface area contributed by atoms with E-state index in [0.717, 1.165) is 17.7 Å². The number of amides is 1. The predicted octanol–water partition coefficient (Wildman–Crippen LogP) is 4.90. The zero-order valence-electron chi connectivity index (χ0n) is 16.0. The molecule has 30 heavy (non-hydrogen) atoms. The lowest BCUT2D eigenvalue weighted by Gasteiger charge is -2.26. The van der Waals surface area contributed by atoms with Gasteiger partial charge in [0, 0.05) is 11.3 Å². The fourth-order valence-electron chi connectivity index (χ4n) is 3.65. The minimum absolute atomic E-state index is 0.106. The Kier molecular flexibility index (Phi) is 4.91. The summed E-state index contributed by atoms with van der Waals surface area (Å²) in [6.45, 7) is 1.83. The predicted molar refractivity (Wildman–Crippen MR) is 109 cm³/mol. The summed E-state index contributed by atoms with van der Waals surface area (Å²) in [5.41, 5.74) is 1.88. The van der Waals surface area contributed by atoms with E-state index in [-0.39, 0.29) is 11.1 Å². The van der Waals surface area contributed by atoms with Crippen molar-refractivity contribution >= 4 is 23.1 Å². The van der Waals surface area contributed by atoms with Crippen molar-refractivity contribution in [3.05, 3.63) is 107 Å². The molecule has 0 spiro atoms. The van der Waals surface area contributed by atoms with Gasteiger partial charge in [0.1, 0.15) is 17.4 Å². The summed E-state index contributed by atoms with van der Waals surface area (Å²) in [5, 5.41) is 10.9. The first-order chi connectivity index (χ1) is 14.4. The summed E-state index contributed by atoms with van der Waals surface area (Å²) in [6, 6.07) is 16.5. The fourth-order valence-corrected chi connectivity index (χ4v) is 3.65. The Morgan fingerprint density at radius 1 is 0.867 bits per heavy atom. The van der Waals surface area contributed by atoms with Crippen molar-refractivity contribution in [1.29, 1.82) is 0 Å². The molecule has 1 aliphatic rings. The summed E-state index contributed by atoms with van der Waals surface area (Å²) in [4.78, 5) is 27.2. The van der Waals surface area contributed by atoms with Crippen LogP contribution >= 0.6 is 0 Å². The molecule has 6 heteroatoms. The Morgan fingerprint density at radius 3 is 2.03 bits per heavy atom. The number of aliphatic hydroxyl groups is 1. The highest BCUT2D eigenvalue weighted by atomic mass is 19.1. The van der Waals surface area contributed by atoms with Gasteiger partial charge in [0.15, 0.2) is 0 Å². The topological polar surface area (TPSA) is 57.6 Å². The molecule has 3 aromatic rings. The first-order valence-electron chi connectivity index (χ1n) is 9.26. The van der Waals surface area contributed by atoms with Gasteiger partial charge in [0.2, 0.25) is 0 Å². The molecule has 1 saturated heterocycles. The van der Waals surface area contributed by atoms with E-state index in [2.05, 4.69) is 0 Å². The van der Waals surface area contributed by atoms with Gasteiger partial charge in [-0.2, -0.15) is 0 Å². The Morgan fingerprint density at radius 2 is 1.43 bits per heavy atom. The molecular weight excluding hydrogens is 388 g/mol. The summed E-state index contributed by atoms with van der Waals surface area (Å²) in [5.74, 6) is -3.07. The van der Waals surface area contributed by atoms with E-state index in [4.69, 9.17) is 0 Å². The number of carbonyl (C=O) groups excluding carboxylic acids is 2. The molecule has 4 rings (SSSR count). The van der Waals surface area contributed by atoms with E-state index in [1.54, 1.807) is 12.1 Å². The van der Waals surface area contributed by atoms with E-state index < -0.39 is 35.1 Å². The summed E-state index contributed by atoms with van der Waals surface area (Å²) in [6.07, 6.45) is 0. The summed E-state index contributed by atoms with van der Waals surface area (Å²) in [7, 11) is 0. The lowest BCUT2D eigenvalue weighted by molar-refractivity contribution is -0.132. The van der Waals surface area contributed by atoms with Crippen LogP contribution in [0.5, 0.6) is 0 Å². The molecule has 1 unspecified atom stereocenters. The smallest absolute Gasteiger partial charge is 0.300 e. The Balaban J connectivity index is 1.96. The van der Waals surface area contributed by atoms with Crippen molar-refractivity contribution in [3.8, 4) is 0 Å². The number of benzene rings is 3. The molecule has 3 aromatic carbocycles. The quantitative estimate of drug-likeness (QED) is 0.383. The van der Waals surface area contributed by atoms with E-state index in [1.807, 2.05) is 19.1 Å². The van der Waals surface area contributed by atoms with Crippen molar-refractivity contribution in [2.75, 3.05) is 4.90 Å². The number of ketones is 1. The lowest BCUT2D eigenvalue weighted by atomic mass is 9.92. The zero-order valence-corrected chi connectivity index (χ0v) is 16.0. The summed E-state index contributed by atoms with van der Waals surface area (Å²) >= 11 is 0. The number of Topliss-reactive ketones (excluding diaryl/α,β-unsaturated/α-hetero) is 1. The molecule has 0 saturated carbocycles.